The van der Waals surface area contributed by atoms with Crippen LogP contribution in [0.1, 0.15) is 21.5 Å². The van der Waals surface area contributed by atoms with Gasteiger partial charge in [0.2, 0.25) is 11.1 Å². The summed E-state index contributed by atoms with van der Waals surface area (Å²) >= 11 is 1.21. The number of nitrogens with one attached hydrogen (secondary N) is 2. The van der Waals surface area contributed by atoms with Crippen LogP contribution in [-0.2, 0) is 4.79 Å². The summed E-state index contributed by atoms with van der Waals surface area (Å²) < 4.78 is 1.59. The molecular weight excluding hydrogens is 436 g/mol. The predicted octanol–water partition coefficient (Wildman–Crippen LogP) is 4.26. The molecule has 0 saturated heterocycles. The van der Waals surface area contributed by atoms with Crippen LogP contribution < -0.4 is 10.6 Å². The monoisotopic (exact) mass is 458 g/mol. The number of carbonyl (C=O) groups excluding carboxylic acids is 2. The van der Waals surface area contributed by atoms with Gasteiger partial charge in [-0.1, -0.05) is 48.2 Å². The van der Waals surface area contributed by atoms with Crippen molar-refractivity contribution in [2.45, 2.75) is 19.0 Å². The highest BCUT2D eigenvalue weighted by atomic mass is 32.2. The Balaban J connectivity index is 1.42. The molecular formula is C24H22N6O2S. The standard InChI is InChI=1S/C24H22N6O2S/c1-16-7-5-9-18(13-16)25-23(32)20-11-3-4-12-21(20)26-22(31)15-33-24-27-28-29-30(24)19-10-6-8-17(2)14-19/h3-14H,15H2,1-2H3,(H,25,32)(H,26,31). The number of rotatable bonds is 7. The highest BCUT2D eigenvalue weighted by molar-refractivity contribution is 7.99. The van der Waals surface area contributed by atoms with Crippen LogP contribution in [0.3, 0.4) is 0 Å². The van der Waals surface area contributed by atoms with E-state index in [0.717, 1.165) is 16.8 Å². The van der Waals surface area contributed by atoms with E-state index in [1.807, 2.05) is 62.4 Å². The maximum Gasteiger partial charge on any atom is 0.257 e. The number of carbonyl (C=O) groups is 2. The summed E-state index contributed by atoms with van der Waals surface area (Å²) in [5.41, 5.74) is 4.45. The molecule has 33 heavy (non-hydrogen) atoms. The Morgan fingerprint density at radius 2 is 1.67 bits per heavy atom. The van der Waals surface area contributed by atoms with Gasteiger partial charge in [0.1, 0.15) is 0 Å². The molecule has 0 unspecified atom stereocenters. The van der Waals surface area contributed by atoms with Crippen molar-refractivity contribution in [3.8, 4) is 5.69 Å². The van der Waals surface area contributed by atoms with Crippen LogP contribution in [0.25, 0.3) is 5.69 Å². The molecule has 0 aliphatic heterocycles. The molecule has 4 rings (SSSR count). The number of amides is 2. The van der Waals surface area contributed by atoms with Gasteiger partial charge in [0, 0.05) is 5.69 Å². The van der Waals surface area contributed by atoms with E-state index in [4.69, 9.17) is 0 Å². The highest BCUT2D eigenvalue weighted by Crippen LogP contribution is 2.21. The summed E-state index contributed by atoms with van der Waals surface area (Å²) in [6, 6.07) is 22.2. The van der Waals surface area contributed by atoms with Crippen LogP contribution in [0.2, 0.25) is 0 Å². The van der Waals surface area contributed by atoms with Gasteiger partial charge < -0.3 is 10.6 Å². The van der Waals surface area contributed by atoms with E-state index >= 15 is 0 Å². The molecule has 0 saturated carbocycles. The van der Waals surface area contributed by atoms with E-state index in [9.17, 15) is 9.59 Å². The third kappa shape index (κ3) is 5.64. The Morgan fingerprint density at radius 1 is 0.909 bits per heavy atom. The summed E-state index contributed by atoms with van der Waals surface area (Å²) in [4.78, 5) is 25.4. The SMILES string of the molecule is Cc1cccc(NC(=O)c2ccccc2NC(=O)CSc2nnnn2-c2cccc(C)c2)c1. The molecule has 0 aliphatic rings. The third-order valence-corrected chi connectivity index (χ3v) is 5.66. The summed E-state index contributed by atoms with van der Waals surface area (Å²) in [7, 11) is 0. The van der Waals surface area contributed by atoms with Crippen LogP contribution in [0.15, 0.2) is 78.0 Å². The molecule has 0 fully saturated rings. The molecule has 0 bridgehead atoms. The maximum atomic E-state index is 12.8. The number of hydrogen-bond acceptors (Lipinski definition) is 6. The fraction of sp³-hybridized carbons (Fsp3) is 0.125. The minimum Gasteiger partial charge on any atom is -0.325 e. The van der Waals surface area contributed by atoms with Crippen LogP contribution in [-0.4, -0.2) is 37.8 Å². The smallest absolute Gasteiger partial charge is 0.257 e. The molecule has 8 nitrogen and oxygen atoms in total. The molecule has 0 spiro atoms. The molecule has 9 heteroatoms. The van der Waals surface area contributed by atoms with E-state index in [1.54, 1.807) is 28.9 Å². The van der Waals surface area contributed by atoms with E-state index in [2.05, 4.69) is 26.2 Å². The van der Waals surface area contributed by atoms with Crippen molar-refractivity contribution in [2.24, 2.45) is 0 Å². The largest absolute Gasteiger partial charge is 0.325 e. The van der Waals surface area contributed by atoms with Gasteiger partial charge >= 0.3 is 0 Å². The first-order chi connectivity index (χ1) is 16.0. The number of hydrogen-bond donors (Lipinski definition) is 2. The zero-order valence-corrected chi connectivity index (χ0v) is 19.0. The van der Waals surface area contributed by atoms with Crippen LogP contribution >= 0.6 is 11.8 Å². The Labute approximate surface area is 195 Å². The van der Waals surface area contributed by atoms with E-state index in [0.29, 0.717) is 22.1 Å². The van der Waals surface area contributed by atoms with Crippen molar-refractivity contribution < 1.29 is 9.59 Å². The summed E-state index contributed by atoms with van der Waals surface area (Å²) in [5, 5.41) is 18.0. The number of thioether (sulfide) groups is 1. The first-order valence-corrected chi connectivity index (χ1v) is 11.2. The fourth-order valence-electron chi connectivity index (χ4n) is 3.22. The molecule has 0 radical (unpaired) electrons. The van der Waals surface area contributed by atoms with Gasteiger partial charge in [-0.25, -0.2) is 0 Å². The molecule has 166 valence electrons. The average Bonchev–Trinajstić information content (AvgIpc) is 3.27. The number of aryl methyl sites for hydroxylation is 2. The second-order valence-corrected chi connectivity index (χ2v) is 8.36. The normalized spacial score (nSPS) is 10.6. The molecule has 1 heterocycles. The van der Waals surface area contributed by atoms with Crippen molar-refractivity contribution >= 4 is 35.0 Å². The lowest BCUT2D eigenvalue weighted by Gasteiger charge is -2.12. The molecule has 0 atom stereocenters. The lowest BCUT2D eigenvalue weighted by atomic mass is 10.1. The minimum atomic E-state index is -0.299. The minimum absolute atomic E-state index is 0.0834. The van der Waals surface area contributed by atoms with Gasteiger partial charge in [-0.3, -0.25) is 9.59 Å². The predicted molar refractivity (Wildman–Crippen MR) is 129 cm³/mol. The Kier molecular flexibility index (Phi) is 6.80. The lowest BCUT2D eigenvalue weighted by Crippen LogP contribution is -2.19. The van der Waals surface area contributed by atoms with Gasteiger partial charge in [-0.15, -0.1) is 5.10 Å². The highest BCUT2D eigenvalue weighted by Gasteiger charge is 2.16. The average molecular weight is 459 g/mol. The van der Waals surface area contributed by atoms with Crippen molar-refractivity contribution in [1.82, 2.24) is 20.2 Å². The van der Waals surface area contributed by atoms with Gasteiger partial charge in [0.05, 0.1) is 22.7 Å². The maximum absolute atomic E-state index is 12.8. The number of aromatic nitrogens is 4. The van der Waals surface area contributed by atoms with Crippen molar-refractivity contribution in [3.05, 3.63) is 89.5 Å². The van der Waals surface area contributed by atoms with Crippen LogP contribution in [0.5, 0.6) is 0 Å². The molecule has 2 N–H and O–H groups in total. The fourth-order valence-corrected chi connectivity index (χ4v) is 3.91. The Bertz CT molecular complexity index is 1300. The van der Waals surface area contributed by atoms with Crippen molar-refractivity contribution in [2.75, 3.05) is 16.4 Å². The zero-order chi connectivity index (χ0) is 23.2. The topological polar surface area (TPSA) is 102 Å². The number of tetrazole rings is 1. The first kappa shape index (κ1) is 22.2. The summed E-state index contributed by atoms with van der Waals surface area (Å²) in [5.74, 6) is -0.484. The lowest BCUT2D eigenvalue weighted by molar-refractivity contribution is -0.113. The number of para-hydroxylation sites is 1. The van der Waals surface area contributed by atoms with Gasteiger partial charge in [-0.05, 0) is 71.8 Å². The van der Waals surface area contributed by atoms with Gasteiger partial charge in [0.25, 0.3) is 5.91 Å². The van der Waals surface area contributed by atoms with E-state index in [1.165, 1.54) is 11.8 Å². The molecule has 4 aromatic rings. The number of nitrogens with zero attached hydrogens (tertiary/aromatic N) is 4. The molecule has 2 amide bonds. The van der Waals surface area contributed by atoms with Gasteiger partial charge in [-0.2, -0.15) is 4.68 Å². The quantitative estimate of drug-likeness (QED) is 0.401. The second kappa shape index (κ2) is 10.1. The Hall–Kier alpha value is -3.98. The first-order valence-electron chi connectivity index (χ1n) is 10.2. The molecule has 3 aromatic carbocycles. The van der Waals surface area contributed by atoms with Crippen LogP contribution in [0.4, 0.5) is 11.4 Å². The number of benzene rings is 3. The third-order valence-electron chi connectivity index (χ3n) is 4.74. The Morgan fingerprint density at radius 3 is 2.45 bits per heavy atom. The van der Waals surface area contributed by atoms with E-state index < -0.39 is 0 Å². The van der Waals surface area contributed by atoms with Crippen molar-refractivity contribution in [1.29, 1.82) is 0 Å². The second-order valence-electron chi connectivity index (χ2n) is 7.42. The zero-order valence-electron chi connectivity index (χ0n) is 18.1. The summed E-state index contributed by atoms with van der Waals surface area (Å²) in [6.45, 7) is 3.94. The van der Waals surface area contributed by atoms with Gasteiger partial charge in [0.15, 0.2) is 0 Å². The summed E-state index contributed by atoms with van der Waals surface area (Å²) in [6.07, 6.45) is 0. The number of anilines is 2. The van der Waals surface area contributed by atoms with Crippen LogP contribution in [0, 0.1) is 13.8 Å². The van der Waals surface area contributed by atoms with E-state index in [-0.39, 0.29) is 17.6 Å². The van der Waals surface area contributed by atoms with Crippen molar-refractivity contribution in [3.63, 3.8) is 0 Å². The molecule has 0 aliphatic carbocycles. The molecule has 1 aromatic heterocycles.